The van der Waals surface area contributed by atoms with Crippen molar-refractivity contribution < 1.29 is 9.90 Å². The van der Waals surface area contributed by atoms with Crippen molar-refractivity contribution in [2.24, 2.45) is 0 Å². The standard InChI is InChI=1S/C17H17N7O3/c1-10-19-14-5-7-23(6-4-12(14)16(26)20-10)17(27)13-3-2-11(8-15(13)25)24-9-18-21-22-24/h2-3,8-9,25H,4-7H2,1H3,(H,19,20,26). The second-order valence-electron chi connectivity index (χ2n) is 6.32. The number of H-pyrrole nitrogens is 1. The summed E-state index contributed by atoms with van der Waals surface area (Å²) >= 11 is 0. The van der Waals surface area contributed by atoms with Crippen molar-refractivity contribution in [3.63, 3.8) is 0 Å². The Kier molecular flexibility index (Phi) is 4.15. The summed E-state index contributed by atoms with van der Waals surface area (Å²) in [7, 11) is 0. The lowest BCUT2D eigenvalue weighted by atomic mass is 10.1. The maximum Gasteiger partial charge on any atom is 0.257 e. The second-order valence-corrected chi connectivity index (χ2v) is 6.32. The third kappa shape index (κ3) is 3.16. The number of phenols is 1. The van der Waals surface area contributed by atoms with E-state index in [2.05, 4.69) is 25.5 Å². The Bertz CT molecular complexity index is 1060. The summed E-state index contributed by atoms with van der Waals surface area (Å²) < 4.78 is 1.39. The van der Waals surface area contributed by atoms with Crippen LogP contribution < -0.4 is 5.56 Å². The number of hydrogen-bond donors (Lipinski definition) is 2. The molecule has 0 spiro atoms. The van der Waals surface area contributed by atoms with E-state index in [9.17, 15) is 14.7 Å². The molecule has 0 fully saturated rings. The highest BCUT2D eigenvalue weighted by atomic mass is 16.3. The van der Waals surface area contributed by atoms with Gasteiger partial charge in [-0.1, -0.05) is 0 Å². The number of nitrogens with one attached hydrogen (secondary N) is 1. The third-order valence-electron chi connectivity index (χ3n) is 4.58. The van der Waals surface area contributed by atoms with E-state index in [4.69, 9.17) is 0 Å². The molecule has 138 valence electrons. The number of tetrazole rings is 1. The number of carbonyl (C=O) groups excluding carboxylic acids is 1. The monoisotopic (exact) mass is 367 g/mol. The SMILES string of the molecule is Cc1nc2c(c(=O)[nH]1)CCN(C(=O)c1ccc(-n3cnnn3)cc1O)CC2. The minimum Gasteiger partial charge on any atom is -0.507 e. The highest BCUT2D eigenvalue weighted by Gasteiger charge is 2.24. The van der Waals surface area contributed by atoms with Crippen LogP contribution in [0.5, 0.6) is 5.75 Å². The van der Waals surface area contributed by atoms with Gasteiger partial charge in [-0.2, -0.15) is 0 Å². The first kappa shape index (κ1) is 16.9. The summed E-state index contributed by atoms with van der Waals surface area (Å²) in [6.45, 7) is 2.55. The van der Waals surface area contributed by atoms with Crippen LogP contribution in [0.3, 0.4) is 0 Å². The number of aromatic amines is 1. The van der Waals surface area contributed by atoms with Gasteiger partial charge in [0.2, 0.25) is 0 Å². The van der Waals surface area contributed by atoms with Gasteiger partial charge in [-0.3, -0.25) is 9.59 Å². The van der Waals surface area contributed by atoms with E-state index in [-0.39, 0.29) is 22.8 Å². The van der Waals surface area contributed by atoms with E-state index in [1.807, 2.05) is 0 Å². The molecule has 3 heterocycles. The number of amides is 1. The van der Waals surface area contributed by atoms with Crippen LogP contribution in [0.1, 0.15) is 27.4 Å². The van der Waals surface area contributed by atoms with Crippen molar-refractivity contribution in [3.05, 3.63) is 57.5 Å². The fraction of sp³-hybridized carbons (Fsp3) is 0.294. The molecule has 0 atom stereocenters. The lowest BCUT2D eigenvalue weighted by molar-refractivity contribution is 0.0760. The molecule has 0 aliphatic carbocycles. The van der Waals surface area contributed by atoms with Gasteiger partial charge >= 0.3 is 0 Å². The average Bonchev–Trinajstić information content (AvgIpc) is 3.09. The Hall–Kier alpha value is -3.56. The Morgan fingerprint density at radius 1 is 1.26 bits per heavy atom. The van der Waals surface area contributed by atoms with Gasteiger partial charge in [0.25, 0.3) is 11.5 Å². The molecule has 0 saturated carbocycles. The third-order valence-corrected chi connectivity index (χ3v) is 4.58. The quantitative estimate of drug-likeness (QED) is 0.652. The normalized spacial score (nSPS) is 13.9. The number of nitrogens with zero attached hydrogens (tertiary/aromatic N) is 6. The van der Waals surface area contributed by atoms with Crippen molar-refractivity contribution in [2.75, 3.05) is 13.1 Å². The maximum atomic E-state index is 12.9. The highest BCUT2D eigenvalue weighted by molar-refractivity contribution is 5.97. The van der Waals surface area contributed by atoms with Crippen LogP contribution in [0.15, 0.2) is 29.3 Å². The molecule has 1 aliphatic heterocycles. The van der Waals surface area contributed by atoms with Gasteiger partial charge in [-0.25, -0.2) is 9.67 Å². The first-order valence-corrected chi connectivity index (χ1v) is 8.47. The smallest absolute Gasteiger partial charge is 0.257 e. The average molecular weight is 367 g/mol. The zero-order valence-corrected chi connectivity index (χ0v) is 14.6. The summed E-state index contributed by atoms with van der Waals surface area (Å²) in [6, 6.07) is 4.64. The summed E-state index contributed by atoms with van der Waals surface area (Å²) in [6.07, 6.45) is 2.32. The van der Waals surface area contributed by atoms with E-state index in [0.717, 1.165) is 5.69 Å². The number of carbonyl (C=O) groups is 1. The molecule has 0 bridgehead atoms. The van der Waals surface area contributed by atoms with E-state index < -0.39 is 0 Å². The molecule has 1 aliphatic rings. The van der Waals surface area contributed by atoms with Gasteiger partial charge < -0.3 is 15.0 Å². The first-order valence-electron chi connectivity index (χ1n) is 8.47. The number of aromatic nitrogens is 6. The Balaban J connectivity index is 1.57. The van der Waals surface area contributed by atoms with Gasteiger partial charge in [-0.15, -0.1) is 5.10 Å². The number of phenolic OH excluding ortho intramolecular Hbond substituents is 1. The maximum absolute atomic E-state index is 12.9. The van der Waals surface area contributed by atoms with E-state index in [1.165, 1.54) is 17.1 Å². The lowest BCUT2D eigenvalue weighted by Crippen LogP contribution is -2.33. The number of fused-ring (bicyclic) bond motifs is 1. The van der Waals surface area contributed by atoms with Crippen LogP contribution in [0.4, 0.5) is 0 Å². The fourth-order valence-corrected chi connectivity index (χ4v) is 3.23. The van der Waals surface area contributed by atoms with Crippen LogP contribution >= 0.6 is 0 Å². The lowest BCUT2D eigenvalue weighted by Gasteiger charge is -2.20. The zero-order valence-electron chi connectivity index (χ0n) is 14.6. The van der Waals surface area contributed by atoms with Crippen molar-refractivity contribution in [1.29, 1.82) is 0 Å². The number of aryl methyl sites for hydroxylation is 1. The van der Waals surface area contributed by atoms with Crippen molar-refractivity contribution in [2.45, 2.75) is 19.8 Å². The van der Waals surface area contributed by atoms with Crippen molar-refractivity contribution in [1.82, 2.24) is 35.1 Å². The number of aromatic hydroxyl groups is 1. The first-order chi connectivity index (χ1) is 13.0. The van der Waals surface area contributed by atoms with Gasteiger partial charge in [-0.05, 0) is 35.9 Å². The summed E-state index contributed by atoms with van der Waals surface area (Å²) in [5.41, 5.74) is 1.93. The van der Waals surface area contributed by atoms with Gasteiger partial charge in [0.05, 0.1) is 16.9 Å². The summed E-state index contributed by atoms with van der Waals surface area (Å²) in [4.78, 5) is 33.7. The van der Waals surface area contributed by atoms with Gasteiger partial charge in [0.1, 0.15) is 17.9 Å². The molecule has 27 heavy (non-hydrogen) atoms. The summed E-state index contributed by atoms with van der Waals surface area (Å²) in [5.74, 6) is 0.118. The predicted octanol–water partition coefficient (Wildman–Crippen LogP) is 0.000620. The molecule has 0 saturated heterocycles. The zero-order chi connectivity index (χ0) is 19.0. The molecule has 10 nitrogen and oxygen atoms in total. The molecule has 0 radical (unpaired) electrons. The Morgan fingerprint density at radius 3 is 2.81 bits per heavy atom. The topological polar surface area (TPSA) is 130 Å². The second kappa shape index (κ2) is 6.63. The van der Waals surface area contributed by atoms with Gasteiger partial charge in [0.15, 0.2) is 0 Å². The number of rotatable bonds is 2. The van der Waals surface area contributed by atoms with Crippen molar-refractivity contribution >= 4 is 5.91 Å². The molecule has 1 aromatic carbocycles. The Labute approximate surface area is 153 Å². The largest absolute Gasteiger partial charge is 0.507 e. The minimum atomic E-state index is -0.295. The van der Waals surface area contributed by atoms with Crippen molar-refractivity contribution in [3.8, 4) is 11.4 Å². The van der Waals surface area contributed by atoms with Crippen LogP contribution in [-0.4, -0.2) is 59.2 Å². The number of benzene rings is 1. The molecule has 2 N–H and O–H groups in total. The molecule has 3 aromatic rings. The molecule has 4 rings (SSSR count). The fourth-order valence-electron chi connectivity index (χ4n) is 3.23. The summed E-state index contributed by atoms with van der Waals surface area (Å²) in [5, 5.41) is 21.2. The minimum absolute atomic E-state index is 0.151. The molecule has 1 amide bonds. The number of hydrogen-bond acceptors (Lipinski definition) is 7. The van der Waals surface area contributed by atoms with Crippen LogP contribution in [0.25, 0.3) is 5.69 Å². The van der Waals surface area contributed by atoms with Crippen LogP contribution in [-0.2, 0) is 12.8 Å². The molecular weight excluding hydrogens is 350 g/mol. The van der Waals surface area contributed by atoms with E-state index in [1.54, 1.807) is 24.0 Å². The van der Waals surface area contributed by atoms with Crippen LogP contribution in [0.2, 0.25) is 0 Å². The highest BCUT2D eigenvalue weighted by Crippen LogP contribution is 2.23. The molecule has 10 heteroatoms. The molecule has 0 unspecified atom stereocenters. The van der Waals surface area contributed by atoms with Gasteiger partial charge in [0, 0.05) is 31.1 Å². The molecule has 2 aromatic heterocycles. The predicted molar refractivity (Wildman–Crippen MR) is 93.7 cm³/mol. The van der Waals surface area contributed by atoms with E-state index in [0.29, 0.717) is 43.0 Å². The molecular formula is C17H17N7O3. The van der Waals surface area contributed by atoms with E-state index >= 15 is 0 Å². The Morgan fingerprint density at radius 2 is 2.07 bits per heavy atom. The van der Waals surface area contributed by atoms with Crippen LogP contribution in [0, 0.1) is 6.92 Å².